The Morgan fingerprint density at radius 2 is 2.00 bits per heavy atom. The second-order valence-corrected chi connectivity index (χ2v) is 7.79. The maximum absolute atomic E-state index is 13.9. The van der Waals surface area contributed by atoms with E-state index in [2.05, 4.69) is 10.3 Å². The Kier molecular flexibility index (Phi) is 5.15. The summed E-state index contributed by atoms with van der Waals surface area (Å²) in [6.45, 7) is 0.225. The Hall–Kier alpha value is -3.06. The SMILES string of the molecule is CC(F)(F)CN1C(=O)C2=C(C(c3cccc(NC=O)c3)=NC2)C1c1ccc(Cl)cc1. The molecule has 30 heavy (non-hydrogen) atoms. The highest BCUT2D eigenvalue weighted by Crippen LogP contribution is 2.44. The van der Waals surface area contributed by atoms with E-state index in [1.165, 1.54) is 4.90 Å². The minimum atomic E-state index is -3.05. The van der Waals surface area contributed by atoms with E-state index < -0.39 is 24.4 Å². The summed E-state index contributed by atoms with van der Waals surface area (Å²) in [5, 5.41) is 3.10. The standard InChI is InChI=1S/C22H18ClF2N3O2/c1-22(24,25)11-28-20(13-5-7-15(23)8-6-13)18-17(21(28)30)10-26-19(18)14-3-2-4-16(9-14)27-12-29/h2-9,12,20H,10-11H2,1H3,(H,27,29). The zero-order valence-electron chi connectivity index (χ0n) is 16.0. The van der Waals surface area contributed by atoms with E-state index in [1.54, 1.807) is 42.5 Å². The molecule has 0 saturated heterocycles. The zero-order chi connectivity index (χ0) is 21.5. The van der Waals surface area contributed by atoms with Crippen molar-refractivity contribution >= 4 is 35.3 Å². The van der Waals surface area contributed by atoms with Gasteiger partial charge in [-0.2, -0.15) is 0 Å². The van der Waals surface area contributed by atoms with Crippen LogP contribution in [-0.4, -0.2) is 41.9 Å². The van der Waals surface area contributed by atoms with E-state index in [0.29, 0.717) is 45.1 Å². The predicted molar refractivity (Wildman–Crippen MR) is 111 cm³/mol. The second-order valence-electron chi connectivity index (χ2n) is 7.36. The molecule has 0 saturated carbocycles. The number of anilines is 1. The van der Waals surface area contributed by atoms with Crippen LogP contribution < -0.4 is 5.32 Å². The van der Waals surface area contributed by atoms with Crippen LogP contribution in [-0.2, 0) is 9.59 Å². The van der Waals surface area contributed by atoms with Crippen LogP contribution in [0.15, 0.2) is 64.7 Å². The van der Waals surface area contributed by atoms with Gasteiger partial charge in [0.25, 0.3) is 11.8 Å². The summed E-state index contributed by atoms with van der Waals surface area (Å²) in [5.74, 6) is -3.49. The van der Waals surface area contributed by atoms with Gasteiger partial charge in [-0.05, 0) is 29.8 Å². The average Bonchev–Trinajstić information content (AvgIpc) is 3.22. The van der Waals surface area contributed by atoms with Crippen LogP contribution in [0.25, 0.3) is 0 Å². The van der Waals surface area contributed by atoms with E-state index in [0.717, 1.165) is 6.92 Å². The van der Waals surface area contributed by atoms with Crippen molar-refractivity contribution in [2.75, 3.05) is 18.4 Å². The number of carbonyl (C=O) groups is 2. The van der Waals surface area contributed by atoms with Gasteiger partial charge in [0.2, 0.25) is 6.41 Å². The molecule has 0 bridgehead atoms. The van der Waals surface area contributed by atoms with Gasteiger partial charge >= 0.3 is 0 Å². The van der Waals surface area contributed by atoms with E-state index in [-0.39, 0.29) is 6.54 Å². The Balaban J connectivity index is 1.80. The molecule has 1 N–H and O–H groups in total. The number of aliphatic imine (C=N–C) groups is 1. The molecule has 8 heteroatoms. The van der Waals surface area contributed by atoms with Crippen LogP contribution in [0.1, 0.15) is 24.1 Å². The van der Waals surface area contributed by atoms with Crippen molar-refractivity contribution in [1.29, 1.82) is 0 Å². The fourth-order valence-corrected chi connectivity index (χ4v) is 4.05. The monoisotopic (exact) mass is 429 g/mol. The Morgan fingerprint density at radius 3 is 2.67 bits per heavy atom. The highest BCUT2D eigenvalue weighted by Gasteiger charge is 2.46. The van der Waals surface area contributed by atoms with Gasteiger partial charge in [-0.1, -0.05) is 35.9 Å². The number of nitrogens with zero attached hydrogens (tertiary/aromatic N) is 2. The number of amides is 2. The quantitative estimate of drug-likeness (QED) is 0.698. The normalized spacial score (nSPS) is 18.5. The summed E-state index contributed by atoms with van der Waals surface area (Å²) in [7, 11) is 0. The number of carbonyl (C=O) groups excluding carboxylic acids is 2. The average molecular weight is 430 g/mol. The van der Waals surface area contributed by atoms with Crippen molar-refractivity contribution < 1.29 is 18.4 Å². The molecule has 0 fully saturated rings. The lowest BCUT2D eigenvalue weighted by atomic mass is 9.91. The lowest BCUT2D eigenvalue weighted by Crippen LogP contribution is -2.40. The lowest BCUT2D eigenvalue weighted by molar-refractivity contribution is -0.132. The molecule has 2 amide bonds. The number of benzene rings is 2. The van der Waals surface area contributed by atoms with Gasteiger partial charge in [0, 0.05) is 34.3 Å². The molecule has 1 unspecified atom stereocenters. The van der Waals surface area contributed by atoms with Crippen molar-refractivity contribution in [3.8, 4) is 0 Å². The minimum absolute atomic E-state index is 0.130. The molecule has 0 aromatic heterocycles. The largest absolute Gasteiger partial charge is 0.329 e. The van der Waals surface area contributed by atoms with Crippen LogP contribution in [0.3, 0.4) is 0 Å². The summed E-state index contributed by atoms with van der Waals surface area (Å²) in [6, 6.07) is 13.1. The molecule has 2 aliphatic rings. The first kappa shape index (κ1) is 20.2. The van der Waals surface area contributed by atoms with Crippen LogP contribution in [0, 0.1) is 0 Å². The minimum Gasteiger partial charge on any atom is -0.329 e. The number of halogens is 3. The number of hydrogen-bond acceptors (Lipinski definition) is 3. The number of hydrogen-bond donors (Lipinski definition) is 1. The highest BCUT2D eigenvalue weighted by atomic mass is 35.5. The van der Waals surface area contributed by atoms with Gasteiger partial charge in [-0.3, -0.25) is 14.6 Å². The topological polar surface area (TPSA) is 61.8 Å². The Morgan fingerprint density at radius 1 is 1.27 bits per heavy atom. The van der Waals surface area contributed by atoms with Gasteiger partial charge in [0.05, 0.1) is 24.8 Å². The van der Waals surface area contributed by atoms with Gasteiger partial charge in [0.1, 0.15) is 0 Å². The first-order chi connectivity index (χ1) is 14.3. The molecule has 154 valence electrons. The van der Waals surface area contributed by atoms with Gasteiger partial charge in [-0.15, -0.1) is 0 Å². The molecule has 2 aliphatic heterocycles. The Bertz CT molecular complexity index is 1070. The van der Waals surface area contributed by atoms with Gasteiger partial charge in [-0.25, -0.2) is 8.78 Å². The van der Waals surface area contributed by atoms with Crippen molar-refractivity contribution in [3.63, 3.8) is 0 Å². The molecule has 2 heterocycles. The first-order valence-electron chi connectivity index (χ1n) is 9.31. The van der Waals surface area contributed by atoms with E-state index in [4.69, 9.17) is 11.6 Å². The summed E-state index contributed by atoms with van der Waals surface area (Å²) in [6.07, 6.45) is 0.570. The van der Waals surface area contributed by atoms with E-state index in [9.17, 15) is 18.4 Å². The van der Waals surface area contributed by atoms with Crippen molar-refractivity contribution in [3.05, 3.63) is 75.8 Å². The molecule has 2 aromatic rings. The highest BCUT2D eigenvalue weighted by molar-refractivity contribution is 6.30. The zero-order valence-corrected chi connectivity index (χ0v) is 16.8. The fourth-order valence-electron chi connectivity index (χ4n) is 3.92. The first-order valence-corrected chi connectivity index (χ1v) is 9.69. The van der Waals surface area contributed by atoms with E-state index in [1.807, 2.05) is 6.07 Å². The van der Waals surface area contributed by atoms with Crippen LogP contribution in [0.5, 0.6) is 0 Å². The third-order valence-corrected chi connectivity index (χ3v) is 5.33. The third-order valence-electron chi connectivity index (χ3n) is 5.07. The summed E-state index contributed by atoms with van der Waals surface area (Å²) in [4.78, 5) is 29.6. The molecule has 5 nitrogen and oxygen atoms in total. The van der Waals surface area contributed by atoms with Crippen molar-refractivity contribution in [1.82, 2.24) is 4.90 Å². The van der Waals surface area contributed by atoms with Crippen LogP contribution in [0.4, 0.5) is 14.5 Å². The molecular weight excluding hydrogens is 412 g/mol. The Labute approximate surface area is 177 Å². The predicted octanol–water partition coefficient (Wildman–Crippen LogP) is 4.25. The lowest BCUT2D eigenvalue weighted by Gasteiger charge is -2.30. The second kappa shape index (κ2) is 7.65. The smallest absolute Gasteiger partial charge is 0.262 e. The van der Waals surface area contributed by atoms with Crippen LogP contribution >= 0.6 is 11.6 Å². The van der Waals surface area contributed by atoms with Gasteiger partial charge < -0.3 is 10.2 Å². The fraction of sp³-hybridized carbons (Fsp3) is 0.227. The number of alkyl halides is 2. The summed E-state index contributed by atoms with van der Waals surface area (Å²) >= 11 is 6.00. The van der Waals surface area contributed by atoms with Crippen LogP contribution in [0.2, 0.25) is 5.02 Å². The molecule has 1 atom stereocenters. The molecule has 0 aliphatic carbocycles. The molecule has 0 spiro atoms. The number of nitrogens with one attached hydrogen (secondary N) is 1. The molecule has 4 rings (SSSR count). The molecular formula is C22H18ClF2N3O2. The van der Waals surface area contributed by atoms with Crippen molar-refractivity contribution in [2.24, 2.45) is 4.99 Å². The number of rotatable bonds is 6. The maximum atomic E-state index is 13.9. The van der Waals surface area contributed by atoms with Crippen molar-refractivity contribution in [2.45, 2.75) is 18.9 Å². The maximum Gasteiger partial charge on any atom is 0.262 e. The summed E-state index contributed by atoms with van der Waals surface area (Å²) < 4.78 is 27.9. The van der Waals surface area contributed by atoms with E-state index >= 15 is 0 Å². The summed E-state index contributed by atoms with van der Waals surface area (Å²) in [5.41, 5.74) is 3.55. The van der Waals surface area contributed by atoms with Gasteiger partial charge in [0.15, 0.2) is 0 Å². The third kappa shape index (κ3) is 3.73. The molecule has 2 aromatic carbocycles. The molecule has 0 radical (unpaired) electrons.